The van der Waals surface area contributed by atoms with E-state index in [2.05, 4.69) is 0 Å². The number of nitrogens with zero attached hydrogens (tertiary/aromatic N) is 1. The van der Waals surface area contributed by atoms with E-state index in [9.17, 15) is 4.79 Å². The summed E-state index contributed by atoms with van der Waals surface area (Å²) in [6.07, 6.45) is 1.33. The Labute approximate surface area is 82.2 Å². The lowest BCUT2D eigenvalue weighted by Gasteiger charge is -2.25. The molecule has 1 amide bonds. The molecule has 0 aliphatic carbocycles. The Morgan fingerprint density at radius 1 is 1.43 bits per heavy atom. The summed E-state index contributed by atoms with van der Waals surface area (Å²) < 4.78 is 0. The molecule has 4 nitrogen and oxygen atoms in total. The van der Waals surface area contributed by atoms with Crippen LogP contribution < -0.4 is 10.8 Å². The van der Waals surface area contributed by atoms with Crippen molar-refractivity contribution in [3.8, 4) is 0 Å². The van der Waals surface area contributed by atoms with Crippen LogP contribution in [-0.2, 0) is 9.63 Å². The van der Waals surface area contributed by atoms with Gasteiger partial charge < -0.3 is 5.73 Å². The summed E-state index contributed by atoms with van der Waals surface area (Å²) in [5, 5.41) is 1.32. The van der Waals surface area contributed by atoms with E-state index in [4.69, 9.17) is 10.6 Å². The SMILES string of the molecule is Nc1cccc(N2OCCCC2=O)c1. The highest BCUT2D eigenvalue weighted by Crippen LogP contribution is 2.21. The van der Waals surface area contributed by atoms with Crippen LogP contribution in [0.15, 0.2) is 24.3 Å². The molecule has 14 heavy (non-hydrogen) atoms. The van der Waals surface area contributed by atoms with Crippen molar-refractivity contribution in [1.29, 1.82) is 0 Å². The van der Waals surface area contributed by atoms with Crippen LogP contribution in [0.25, 0.3) is 0 Å². The molecule has 0 bridgehead atoms. The van der Waals surface area contributed by atoms with E-state index in [1.54, 1.807) is 24.3 Å². The summed E-state index contributed by atoms with van der Waals surface area (Å²) in [7, 11) is 0. The Kier molecular flexibility index (Phi) is 2.37. The molecule has 0 radical (unpaired) electrons. The van der Waals surface area contributed by atoms with Gasteiger partial charge in [-0.25, -0.2) is 0 Å². The summed E-state index contributed by atoms with van der Waals surface area (Å²) in [5.41, 5.74) is 6.95. The van der Waals surface area contributed by atoms with Crippen LogP contribution in [0.3, 0.4) is 0 Å². The zero-order chi connectivity index (χ0) is 9.97. The van der Waals surface area contributed by atoms with Gasteiger partial charge in [0.2, 0.25) is 0 Å². The van der Waals surface area contributed by atoms with Crippen LogP contribution in [0.5, 0.6) is 0 Å². The molecule has 2 rings (SSSR count). The Morgan fingerprint density at radius 2 is 2.29 bits per heavy atom. The van der Waals surface area contributed by atoms with Crippen molar-refractivity contribution in [1.82, 2.24) is 0 Å². The first-order chi connectivity index (χ1) is 6.77. The second-order valence-corrected chi connectivity index (χ2v) is 3.22. The lowest BCUT2D eigenvalue weighted by atomic mass is 10.2. The molecule has 1 aromatic carbocycles. The number of hydrogen-bond donors (Lipinski definition) is 1. The number of nitrogen functional groups attached to an aromatic ring is 1. The van der Waals surface area contributed by atoms with Gasteiger partial charge >= 0.3 is 0 Å². The Balaban J connectivity index is 2.24. The quantitative estimate of drug-likeness (QED) is 0.683. The number of amides is 1. The van der Waals surface area contributed by atoms with Gasteiger partial charge in [0.05, 0.1) is 12.3 Å². The number of anilines is 2. The van der Waals surface area contributed by atoms with Crippen LogP contribution in [-0.4, -0.2) is 12.5 Å². The van der Waals surface area contributed by atoms with Gasteiger partial charge in [-0.3, -0.25) is 9.63 Å². The van der Waals surface area contributed by atoms with Gasteiger partial charge in [0.15, 0.2) is 0 Å². The third-order valence-corrected chi connectivity index (χ3v) is 2.09. The number of carbonyl (C=O) groups is 1. The van der Waals surface area contributed by atoms with Gasteiger partial charge in [0, 0.05) is 12.1 Å². The Hall–Kier alpha value is -1.55. The van der Waals surface area contributed by atoms with Crippen LogP contribution in [0.1, 0.15) is 12.8 Å². The molecule has 1 saturated heterocycles. The maximum Gasteiger partial charge on any atom is 0.250 e. The molecular formula is C10H12N2O2. The van der Waals surface area contributed by atoms with Gasteiger partial charge in [0.25, 0.3) is 5.91 Å². The van der Waals surface area contributed by atoms with Crippen LogP contribution in [0.2, 0.25) is 0 Å². The fourth-order valence-corrected chi connectivity index (χ4v) is 1.42. The summed E-state index contributed by atoms with van der Waals surface area (Å²) >= 11 is 0. The van der Waals surface area contributed by atoms with E-state index >= 15 is 0 Å². The molecule has 1 aliphatic heterocycles. The minimum atomic E-state index is -0.0122. The Bertz CT molecular complexity index is 352. The molecular weight excluding hydrogens is 180 g/mol. The van der Waals surface area contributed by atoms with E-state index in [-0.39, 0.29) is 5.91 Å². The number of hydroxylamine groups is 1. The molecule has 0 atom stereocenters. The van der Waals surface area contributed by atoms with Gasteiger partial charge in [-0.1, -0.05) is 6.07 Å². The molecule has 1 aliphatic rings. The molecule has 0 unspecified atom stereocenters. The van der Waals surface area contributed by atoms with Gasteiger partial charge in [-0.2, -0.15) is 5.06 Å². The van der Waals surface area contributed by atoms with Crippen molar-refractivity contribution in [2.24, 2.45) is 0 Å². The molecule has 4 heteroatoms. The highest BCUT2D eigenvalue weighted by atomic mass is 16.7. The van der Waals surface area contributed by atoms with E-state index in [1.165, 1.54) is 5.06 Å². The molecule has 0 aromatic heterocycles. The first kappa shape index (κ1) is 9.02. The third-order valence-electron chi connectivity index (χ3n) is 2.09. The molecule has 2 N–H and O–H groups in total. The van der Waals surface area contributed by atoms with Crippen molar-refractivity contribution in [2.75, 3.05) is 17.4 Å². The minimum absolute atomic E-state index is 0.0122. The number of carbonyl (C=O) groups excluding carboxylic acids is 1. The maximum atomic E-state index is 11.5. The maximum absolute atomic E-state index is 11.5. The topological polar surface area (TPSA) is 55.6 Å². The third kappa shape index (κ3) is 1.70. The largest absolute Gasteiger partial charge is 0.399 e. The standard InChI is InChI=1S/C10H12N2O2/c11-8-3-1-4-9(7-8)12-10(13)5-2-6-14-12/h1,3-4,7H,2,5-6,11H2. The van der Waals surface area contributed by atoms with Crippen molar-refractivity contribution < 1.29 is 9.63 Å². The first-order valence-corrected chi connectivity index (χ1v) is 4.59. The number of rotatable bonds is 1. The fraction of sp³-hybridized carbons (Fsp3) is 0.300. The summed E-state index contributed by atoms with van der Waals surface area (Å²) in [5.74, 6) is -0.0122. The Morgan fingerprint density at radius 3 is 3.00 bits per heavy atom. The lowest BCUT2D eigenvalue weighted by molar-refractivity contribution is -0.129. The smallest absolute Gasteiger partial charge is 0.250 e. The summed E-state index contributed by atoms with van der Waals surface area (Å²) in [6.45, 7) is 0.584. The van der Waals surface area contributed by atoms with Crippen molar-refractivity contribution in [2.45, 2.75) is 12.8 Å². The minimum Gasteiger partial charge on any atom is -0.399 e. The van der Waals surface area contributed by atoms with E-state index in [0.29, 0.717) is 24.4 Å². The monoisotopic (exact) mass is 192 g/mol. The second kappa shape index (κ2) is 3.67. The van der Waals surface area contributed by atoms with E-state index < -0.39 is 0 Å². The van der Waals surface area contributed by atoms with Crippen molar-refractivity contribution in [3.05, 3.63) is 24.3 Å². The average Bonchev–Trinajstić information content (AvgIpc) is 2.18. The van der Waals surface area contributed by atoms with Crippen LogP contribution in [0.4, 0.5) is 11.4 Å². The molecule has 0 spiro atoms. The van der Waals surface area contributed by atoms with E-state index in [0.717, 1.165) is 6.42 Å². The molecule has 74 valence electrons. The highest BCUT2D eigenvalue weighted by Gasteiger charge is 2.20. The normalized spacial score (nSPS) is 17.1. The van der Waals surface area contributed by atoms with Crippen molar-refractivity contribution in [3.63, 3.8) is 0 Å². The predicted octanol–water partition coefficient (Wildman–Crippen LogP) is 1.33. The number of nitrogens with two attached hydrogens (primary N) is 1. The molecule has 1 aromatic rings. The second-order valence-electron chi connectivity index (χ2n) is 3.22. The summed E-state index contributed by atoms with van der Waals surface area (Å²) in [6, 6.07) is 7.11. The number of hydrogen-bond acceptors (Lipinski definition) is 3. The van der Waals surface area contributed by atoms with Gasteiger partial charge in [-0.05, 0) is 24.6 Å². The number of benzene rings is 1. The van der Waals surface area contributed by atoms with E-state index in [1.807, 2.05) is 0 Å². The van der Waals surface area contributed by atoms with Crippen LogP contribution >= 0.6 is 0 Å². The first-order valence-electron chi connectivity index (χ1n) is 4.59. The molecule has 1 heterocycles. The van der Waals surface area contributed by atoms with Crippen molar-refractivity contribution >= 4 is 17.3 Å². The molecule has 0 saturated carbocycles. The molecule has 1 fully saturated rings. The summed E-state index contributed by atoms with van der Waals surface area (Å²) in [4.78, 5) is 16.7. The zero-order valence-electron chi connectivity index (χ0n) is 7.77. The van der Waals surface area contributed by atoms with Gasteiger partial charge in [0.1, 0.15) is 0 Å². The average molecular weight is 192 g/mol. The van der Waals surface area contributed by atoms with Gasteiger partial charge in [-0.15, -0.1) is 0 Å². The lowest BCUT2D eigenvalue weighted by Crippen LogP contribution is -2.35. The van der Waals surface area contributed by atoms with Crippen LogP contribution in [0, 0.1) is 0 Å². The fourth-order valence-electron chi connectivity index (χ4n) is 1.42. The highest BCUT2D eigenvalue weighted by molar-refractivity contribution is 5.92. The zero-order valence-corrected chi connectivity index (χ0v) is 7.77. The predicted molar refractivity (Wildman–Crippen MR) is 53.5 cm³/mol.